The van der Waals surface area contributed by atoms with Crippen molar-refractivity contribution in [2.45, 2.75) is 13.5 Å². The van der Waals surface area contributed by atoms with Crippen molar-refractivity contribution in [1.82, 2.24) is 10.5 Å². The molecule has 0 spiro atoms. The number of amides is 2. The minimum atomic E-state index is -0.377. The van der Waals surface area contributed by atoms with Crippen LogP contribution in [0.25, 0.3) is 11.0 Å². The number of rotatable bonds is 4. The molecule has 2 N–H and O–H groups in total. The number of nitrogens with zero attached hydrogens (tertiary/aromatic N) is 1. The molecule has 1 heterocycles. The minimum Gasteiger partial charge on any atom is -0.356 e. The van der Waals surface area contributed by atoms with Gasteiger partial charge in [-0.15, -0.1) is 0 Å². The topological polar surface area (TPSA) is 84.2 Å². The van der Waals surface area contributed by atoms with Crippen LogP contribution in [0.15, 0.2) is 53.1 Å². The van der Waals surface area contributed by atoms with Crippen LogP contribution in [0.4, 0.5) is 10.5 Å². The first-order valence-corrected chi connectivity index (χ1v) is 7.12. The number of Topliss-reactive ketones (excluding diaryl/α,β-unsaturated/α-hetero) is 1. The van der Waals surface area contributed by atoms with Crippen LogP contribution < -0.4 is 10.6 Å². The Morgan fingerprint density at radius 2 is 1.96 bits per heavy atom. The Kier molecular flexibility index (Phi) is 4.05. The number of fused-ring (bicyclic) bond motifs is 1. The van der Waals surface area contributed by atoms with Crippen molar-refractivity contribution in [2.75, 3.05) is 5.32 Å². The van der Waals surface area contributed by atoms with Crippen molar-refractivity contribution in [2.24, 2.45) is 0 Å². The van der Waals surface area contributed by atoms with Gasteiger partial charge in [-0.2, -0.15) is 0 Å². The zero-order valence-electron chi connectivity index (χ0n) is 12.5. The smallest absolute Gasteiger partial charge is 0.319 e. The first kappa shape index (κ1) is 14.8. The summed E-state index contributed by atoms with van der Waals surface area (Å²) in [5, 5.41) is 10.2. The summed E-state index contributed by atoms with van der Waals surface area (Å²) in [5.41, 5.74) is 2.44. The molecule has 0 saturated heterocycles. The Morgan fingerprint density at radius 3 is 2.78 bits per heavy atom. The molecule has 0 aliphatic rings. The fraction of sp³-hybridized carbons (Fsp3) is 0.118. The largest absolute Gasteiger partial charge is 0.356 e. The predicted octanol–water partition coefficient (Wildman–Crippen LogP) is 3.35. The number of carbonyl (C=O) groups excluding carboxylic acids is 2. The Balaban J connectivity index is 1.64. The van der Waals surface area contributed by atoms with Gasteiger partial charge in [0.25, 0.3) is 0 Å². The molecule has 6 heteroatoms. The van der Waals surface area contributed by atoms with Crippen molar-refractivity contribution < 1.29 is 14.1 Å². The van der Waals surface area contributed by atoms with Crippen LogP contribution in [-0.2, 0) is 6.54 Å². The minimum absolute atomic E-state index is 0.0527. The summed E-state index contributed by atoms with van der Waals surface area (Å²) in [4.78, 5) is 23.3. The number of ketones is 1. The Labute approximate surface area is 132 Å². The van der Waals surface area contributed by atoms with Gasteiger partial charge in [0.1, 0.15) is 5.69 Å². The van der Waals surface area contributed by atoms with Gasteiger partial charge >= 0.3 is 6.03 Å². The maximum absolute atomic E-state index is 12.0. The van der Waals surface area contributed by atoms with Gasteiger partial charge < -0.3 is 15.2 Å². The average Bonchev–Trinajstić information content (AvgIpc) is 2.96. The lowest BCUT2D eigenvalue weighted by atomic mass is 10.1. The third kappa shape index (κ3) is 3.37. The molecule has 2 amide bonds. The van der Waals surface area contributed by atoms with Gasteiger partial charge in [0, 0.05) is 16.6 Å². The number of carbonyl (C=O) groups is 2. The number of para-hydroxylation sites is 1. The summed E-state index contributed by atoms with van der Waals surface area (Å²) in [6, 6.07) is 13.8. The molecule has 0 atom stereocenters. The highest BCUT2D eigenvalue weighted by atomic mass is 16.5. The number of benzene rings is 2. The monoisotopic (exact) mass is 309 g/mol. The first-order chi connectivity index (χ1) is 11.1. The molecule has 3 aromatic rings. The maximum atomic E-state index is 12.0. The Hall–Kier alpha value is -3.15. The predicted molar refractivity (Wildman–Crippen MR) is 86.3 cm³/mol. The second-order valence-electron chi connectivity index (χ2n) is 5.07. The van der Waals surface area contributed by atoms with Crippen LogP contribution >= 0.6 is 0 Å². The molecule has 23 heavy (non-hydrogen) atoms. The second-order valence-corrected chi connectivity index (χ2v) is 5.07. The van der Waals surface area contributed by atoms with Gasteiger partial charge in [0.05, 0.1) is 6.54 Å². The third-order valence-electron chi connectivity index (χ3n) is 3.40. The lowest BCUT2D eigenvalue weighted by Crippen LogP contribution is -2.28. The van der Waals surface area contributed by atoms with Crippen molar-refractivity contribution in [3.8, 4) is 0 Å². The molecule has 6 nitrogen and oxygen atoms in total. The van der Waals surface area contributed by atoms with Gasteiger partial charge in [-0.1, -0.05) is 29.4 Å². The Morgan fingerprint density at radius 1 is 1.13 bits per heavy atom. The molecule has 0 saturated carbocycles. The van der Waals surface area contributed by atoms with Crippen LogP contribution in [0.3, 0.4) is 0 Å². The zero-order valence-corrected chi connectivity index (χ0v) is 12.5. The van der Waals surface area contributed by atoms with E-state index in [0.29, 0.717) is 22.5 Å². The molecule has 3 rings (SSSR count). The molecular weight excluding hydrogens is 294 g/mol. The fourth-order valence-corrected chi connectivity index (χ4v) is 2.22. The highest BCUT2D eigenvalue weighted by Gasteiger charge is 2.09. The SMILES string of the molecule is CC(=O)c1cccc(NC(=O)NCc2noc3ccccc23)c1. The quantitative estimate of drug-likeness (QED) is 0.724. The van der Waals surface area contributed by atoms with E-state index in [1.165, 1.54) is 6.92 Å². The van der Waals surface area contributed by atoms with E-state index in [1.807, 2.05) is 24.3 Å². The maximum Gasteiger partial charge on any atom is 0.319 e. The van der Waals surface area contributed by atoms with Crippen molar-refractivity contribution in [3.05, 3.63) is 59.8 Å². The van der Waals surface area contributed by atoms with E-state index in [-0.39, 0.29) is 18.4 Å². The number of hydrogen-bond donors (Lipinski definition) is 2. The van der Waals surface area contributed by atoms with Crippen LogP contribution in [0.5, 0.6) is 0 Å². The number of nitrogens with one attached hydrogen (secondary N) is 2. The van der Waals surface area contributed by atoms with Crippen molar-refractivity contribution in [1.29, 1.82) is 0 Å². The lowest BCUT2D eigenvalue weighted by Gasteiger charge is -2.07. The average molecular weight is 309 g/mol. The standard InChI is InChI=1S/C17H15N3O3/c1-11(21)12-5-4-6-13(9-12)19-17(22)18-10-15-14-7-2-3-8-16(14)23-20-15/h2-9H,10H2,1H3,(H2,18,19,22). The number of aromatic nitrogens is 1. The third-order valence-corrected chi connectivity index (χ3v) is 3.40. The molecule has 1 aromatic heterocycles. The molecular formula is C17H15N3O3. The second kappa shape index (κ2) is 6.31. The van der Waals surface area contributed by atoms with E-state index in [1.54, 1.807) is 24.3 Å². The van der Waals surface area contributed by atoms with E-state index < -0.39 is 0 Å². The van der Waals surface area contributed by atoms with E-state index in [0.717, 1.165) is 5.39 Å². The number of hydrogen-bond acceptors (Lipinski definition) is 4. The van der Waals surface area contributed by atoms with Gasteiger partial charge in [-0.3, -0.25) is 4.79 Å². The van der Waals surface area contributed by atoms with E-state index in [4.69, 9.17) is 4.52 Å². The lowest BCUT2D eigenvalue weighted by molar-refractivity contribution is 0.101. The van der Waals surface area contributed by atoms with Gasteiger partial charge in [0.15, 0.2) is 11.4 Å². The van der Waals surface area contributed by atoms with Crippen molar-refractivity contribution >= 4 is 28.5 Å². The summed E-state index contributed by atoms with van der Waals surface area (Å²) in [7, 11) is 0. The van der Waals surface area contributed by atoms with Gasteiger partial charge in [-0.05, 0) is 31.2 Å². The molecule has 2 aromatic carbocycles. The van der Waals surface area contributed by atoms with Crippen molar-refractivity contribution in [3.63, 3.8) is 0 Å². The van der Waals surface area contributed by atoms with Gasteiger partial charge in [-0.25, -0.2) is 4.79 Å². The molecule has 0 fully saturated rings. The number of anilines is 1. The van der Waals surface area contributed by atoms with E-state index in [9.17, 15) is 9.59 Å². The molecule has 0 aliphatic carbocycles. The Bertz CT molecular complexity index is 870. The van der Waals surface area contributed by atoms with E-state index in [2.05, 4.69) is 15.8 Å². The van der Waals surface area contributed by atoms with Crippen LogP contribution in [0, 0.1) is 0 Å². The molecule has 116 valence electrons. The number of urea groups is 1. The normalized spacial score (nSPS) is 10.5. The fourth-order valence-electron chi connectivity index (χ4n) is 2.22. The van der Waals surface area contributed by atoms with Gasteiger partial charge in [0.2, 0.25) is 0 Å². The first-order valence-electron chi connectivity index (χ1n) is 7.12. The molecule has 0 radical (unpaired) electrons. The molecule has 0 unspecified atom stereocenters. The van der Waals surface area contributed by atoms with E-state index >= 15 is 0 Å². The summed E-state index contributed by atoms with van der Waals surface area (Å²) in [6.07, 6.45) is 0. The highest BCUT2D eigenvalue weighted by Crippen LogP contribution is 2.17. The summed E-state index contributed by atoms with van der Waals surface area (Å²) < 4.78 is 5.18. The molecule has 0 bridgehead atoms. The zero-order chi connectivity index (χ0) is 16.2. The molecule has 0 aliphatic heterocycles. The van der Waals surface area contributed by atoms with Crippen LogP contribution in [0.2, 0.25) is 0 Å². The summed E-state index contributed by atoms with van der Waals surface area (Å²) in [6.45, 7) is 1.73. The van der Waals surface area contributed by atoms with Crippen LogP contribution in [0.1, 0.15) is 23.0 Å². The summed E-state index contributed by atoms with van der Waals surface area (Å²) in [5.74, 6) is -0.0527. The van der Waals surface area contributed by atoms with Crippen LogP contribution in [-0.4, -0.2) is 17.0 Å². The highest BCUT2D eigenvalue weighted by molar-refractivity contribution is 5.96. The summed E-state index contributed by atoms with van der Waals surface area (Å²) >= 11 is 0.